The summed E-state index contributed by atoms with van der Waals surface area (Å²) in [4.78, 5) is 12.9. The molecule has 4 aromatic rings. The average Bonchev–Trinajstić information content (AvgIpc) is 2.88. The van der Waals surface area contributed by atoms with Crippen molar-refractivity contribution in [2.75, 3.05) is 12.4 Å². The van der Waals surface area contributed by atoms with Crippen LogP contribution in [0.25, 0.3) is 10.8 Å². The molecule has 12 heteroatoms. The van der Waals surface area contributed by atoms with Crippen molar-refractivity contribution >= 4 is 67.1 Å². The van der Waals surface area contributed by atoms with E-state index < -0.39 is 21.8 Å². The second-order valence-electron chi connectivity index (χ2n) is 8.05. The van der Waals surface area contributed by atoms with Gasteiger partial charge in [-0.1, -0.05) is 60.5 Å². The van der Waals surface area contributed by atoms with E-state index in [0.717, 1.165) is 6.07 Å². The Kier molecular flexibility index (Phi) is 7.89. The summed E-state index contributed by atoms with van der Waals surface area (Å²) in [7, 11) is -3.06. The van der Waals surface area contributed by atoms with Gasteiger partial charge in [-0.15, -0.1) is 10.2 Å². The van der Waals surface area contributed by atoms with Gasteiger partial charge in [-0.2, -0.15) is 8.42 Å². The normalized spacial score (nSPS) is 11.7. The number of nitrogens with one attached hydrogen (secondary N) is 1. The molecule has 0 aliphatic carbocycles. The first-order valence-electron chi connectivity index (χ1n) is 11.1. The first kappa shape index (κ1) is 27.3. The Morgan fingerprint density at radius 1 is 1.03 bits per heavy atom. The van der Waals surface area contributed by atoms with Gasteiger partial charge in [0.1, 0.15) is 22.8 Å². The average molecular weight is 574 g/mol. The van der Waals surface area contributed by atoms with Gasteiger partial charge in [-0.05, 0) is 47.7 Å². The maximum absolute atomic E-state index is 13.2. The number of fused-ring (bicyclic) bond motifs is 1. The summed E-state index contributed by atoms with van der Waals surface area (Å²) in [5, 5.41) is 23.3. The van der Waals surface area contributed by atoms with E-state index >= 15 is 0 Å². The Hall–Kier alpha value is -3.70. The summed E-state index contributed by atoms with van der Waals surface area (Å²) >= 11 is 12.5. The van der Waals surface area contributed by atoms with Crippen LogP contribution in [0.15, 0.2) is 75.8 Å². The van der Waals surface area contributed by atoms with Gasteiger partial charge in [0.25, 0.3) is 16.0 Å². The van der Waals surface area contributed by atoms with Crippen molar-refractivity contribution < 1.29 is 27.6 Å². The van der Waals surface area contributed by atoms with E-state index in [-0.39, 0.29) is 49.6 Å². The summed E-state index contributed by atoms with van der Waals surface area (Å²) in [6.07, 6.45) is 0.268. The molecule has 0 spiro atoms. The van der Waals surface area contributed by atoms with Crippen LogP contribution in [-0.4, -0.2) is 31.1 Å². The largest absolute Gasteiger partial charge is 0.505 e. The number of anilines is 1. The van der Waals surface area contributed by atoms with Gasteiger partial charge in [0, 0.05) is 5.39 Å². The number of carbonyl (C=O) groups is 1. The SMILES string of the molecule is CCc1cc(N=Nc2c(O)c(C(=O)Nc3c(Cl)cccc3OC)cc3ccccc23)c(Cl)cc1S(=O)(=O)O. The lowest BCUT2D eigenvalue weighted by Crippen LogP contribution is -2.13. The zero-order chi connectivity index (χ0) is 27.6. The highest BCUT2D eigenvalue weighted by molar-refractivity contribution is 7.85. The molecular weight excluding hydrogens is 553 g/mol. The topological polar surface area (TPSA) is 138 Å². The van der Waals surface area contributed by atoms with E-state index in [1.54, 1.807) is 49.4 Å². The molecule has 0 radical (unpaired) electrons. The van der Waals surface area contributed by atoms with Gasteiger partial charge in [0.15, 0.2) is 5.75 Å². The molecule has 0 fully saturated rings. The van der Waals surface area contributed by atoms with Crippen molar-refractivity contribution in [1.82, 2.24) is 0 Å². The van der Waals surface area contributed by atoms with Crippen LogP contribution in [0.3, 0.4) is 0 Å². The zero-order valence-corrected chi connectivity index (χ0v) is 22.4. The molecule has 0 aliphatic rings. The maximum atomic E-state index is 13.2. The molecule has 3 N–H and O–H groups in total. The molecule has 196 valence electrons. The number of azo groups is 1. The molecule has 0 saturated carbocycles. The number of methoxy groups -OCH3 is 1. The highest BCUT2D eigenvalue weighted by Crippen LogP contribution is 2.41. The molecule has 38 heavy (non-hydrogen) atoms. The van der Waals surface area contributed by atoms with Crippen molar-refractivity contribution in [2.24, 2.45) is 10.2 Å². The number of phenolic OH excluding ortho intramolecular Hbond substituents is 1. The van der Waals surface area contributed by atoms with E-state index in [2.05, 4.69) is 15.5 Å². The minimum atomic E-state index is -4.50. The van der Waals surface area contributed by atoms with Crippen molar-refractivity contribution in [1.29, 1.82) is 0 Å². The number of halogens is 2. The van der Waals surface area contributed by atoms with Crippen LogP contribution in [0, 0.1) is 0 Å². The Morgan fingerprint density at radius 3 is 2.45 bits per heavy atom. The highest BCUT2D eigenvalue weighted by Gasteiger charge is 2.21. The Balaban J connectivity index is 1.82. The first-order chi connectivity index (χ1) is 18.0. The summed E-state index contributed by atoms with van der Waals surface area (Å²) in [5.41, 5.74) is 0.515. The second kappa shape index (κ2) is 11.0. The summed E-state index contributed by atoms with van der Waals surface area (Å²) in [6, 6.07) is 15.8. The van der Waals surface area contributed by atoms with E-state index in [9.17, 15) is 22.9 Å². The minimum absolute atomic E-state index is 0.00709. The van der Waals surface area contributed by atoms with Gasteiger partial charge in [0.05, 0.1) is 27.6 Å². The fraction of sp³-hybridized carbons (Fsp3) is 0.115. The van der Waals surface area contributed by atoms with Crippen molar-refractivity contribution in [3.05, 3.63) is 81.8 Å². The van der Waals surface area contributed by atoms with Crippen LogP contribution in [-0.2, 0) is 16.5 Å². The maximum Gasteiger partial charge on any atom is 0.294 e. The zero-order valence-electron chi connectivity index (χ0n) is 20.1. The van der Waals surface area contributed by atoms with Gasteiger partial charge in [-0.25, -0.2) is 0 Å². The monoisotopic (exact) mass is 573 g/mol. The Labute approximate surface area is 228 Å². The van der Waals surface area contributed by atoms with Crippen LogP contribution in [0.5, 0.6) is 11.5 Å². The Morgan fingerprint density at radius 2 is 1.76 bits per heavy atom. The third kappa shape index (κ3) is 5.44. The number of benzene rings is 4. The summed E-state index contributed by atoms with van der Waals surface area (Å²) in [5.74, 6) is -0.780. The number of carbonyl (C=O) groups excluding carboxylic acids is 1. The predicted molar refractivity (Wildman–Crippen MR) is 146 cm³/mol. The summed E-state index contributed by atoms with van der Waals surface area (Å²) in [6.45, 7) is 1.70. The fourth-order valence-electron chi connectivity index (χ4n) is 3.85. The first-order valence-corrected chi connectivity index (χ1v) is 13.3. The number of aryl methyl sites for hydroxylation is 1. The van der Waals surface area contributed by atoms with E-state index in [0.29, 0.717) is 16.5 Å². The number of hydrogen-bond donors (Lipinski definition) is 3. The summed E-state index contributed by atoms with van der Waals surface area (Å²) < 4.78 is 38.2. The van der Waals surface area contributed by atoms with Gasteiger partial charge in [0.2, 0.25) is 0 Å². The molecule has 9 nitrogen and oxygen atoms in total. The molecule has 0 unspecified atom stereocenters. The lowest BCUT2D eigenvalue weighted by molar-refractivity contribution is 0.102. The van der Waals surface area contributed by atoms with Crippen LogP contribution in [0.2, 0.25) is 10.0 Å². The van der Waals surface area contributed by atoms with Crippen LogP contribution >= 0.6 is 23.2 Å². The molecule has 4 rings (SSSR count). The van der Waals surface area contributed by atoms with Crippen LogP contribution in [0.4, 0.5) is 17.1 Å². The number of hydrogen-bond acceptors (Lipinski definition) is 7. The number of nitrogens with zero attached hydrogens (tertiary/aromatic N) is 2. The third-order valence-corrected chi connectivity index (χ3v) is 7.27. The predicted octanol–water partition coefficient (Wildman–Crippen LogP) is 7.34. The molecule has 0 aromatic heterocycles. The molecular formula is C26H21Cl2N3O6S. The lowest BCUT2D eigenvalue weighted by Gasteiger charge is -2.14. The number of para-hydroxylation sites is 1. The molecule has 0 saturated heterocycles. The van der Waals surface area contributed by atoms with E-state index in [1.807, 2.05) is 0 Å². The Bertz CT molecular complexity index is 1710. The smallest absolute Gasteiger partial charge is 0.294 e. The van der Waals surface area contributed by atoms with E-state index in [4.69, 9.17) is 27.9 Å². The molecule has 0 atom stereocenters. The minimum Gasteiger partial charge on any atom is -0.505 e. The quantitative estimate of drug-likeness (QED) is 0.156. The second-order valence-corrected chi connectivity index (χ2v) is 10.3. The molecule has 1 amide bonds. The van der Waals surface area contributed by atoms with Crippen molar-refractivity contribution in [2.45, 2.75) is 18.2 Å². The number of ether oxygens (including phenoxy) is 1. The third-order valence-electron chi connectivity index (χ3n) is 5.72. The van der Waals surface area contributed by atoms with Gasteiger partial charge >= 0.3 is 0 Å². The van der Waals surface area contributed by atoms with Gasteiger partial charge in [-0.3, -0.25) is 9.35 Å². The number of phenols is 1. The lowest BCUT2D eigenvalue weighted by atomic mass is 10.0. The molecule has 4 aromatic carbocycles. The number of aromatic hydroxyl groups is 1. The number of rotatable bonds is 7. The van der Waals surface area contributed by atoms with Crippen LogP contribution in [0.1, 0.15) is 22.8 Å². The van der Waals surface area contributed by atoms with E-state index in [1.165, 1.54) is 19.2 Å². The molecule has 0 aliphatic heterocycles. The standard InChI is InChI=1S/C26H21Cl2N3O6S/c1-3-14-12-20(19(28)13-22(14)38(34,35)36)30-31-23-16-8-5-4-7-15(16)11-17(25(23)32)26(33)29-24-18(27)9-6-10-21(24)37-2/h4-13,32H,3H2,1-2H3,(H,29,33)(H,34,35,36). The van der Waals surface area contributed by atoms with Crippen molar-refractivity contribution in [3.63, 3.8) is 0 Å². The molecule has 0 bridgehead atoms. The van der Waals surface area contributed by atoms with Crippen molar-refractivity contribution in [3.8, 4) is 11.5 Å². The highest BCUT2D eigenvalue weighted by atomic mass is 35.5. The molecule has 0 heterocycles. The van der Waals surface area contributed by atoms with Gasteiger partial charge < -0.3 is 15.2 Å². The van der Waals surface area contributed by atoms with Crippen LogP contribution < -0.4 is 10.1 Å². The fourth-order valence-corrected chi connectivity index (χ4v) is 5.13. The number of amides is 1.